The maximum Gasteiger partial charge on any atom is 0.255 e. The first-order chi connectivity index (χ1) is 14.9. The maximum atomic E-state index is 12.8. The summed E-state index contributed by atoms with van der Waals surface area (Å²) in [5.41, 5.74) is 2.64. The number of aromatic nitrogens is 3. The minimum Gasteiger partial charge on any atom is -0.495 e. The monoisotopic (exact) mass is 444 g/mol. The summed E-state index contributed by atoms with van der Waals surface area (Å²) in [6.07, 6.45) is 3.23. The average molecular weight is 445 g/mol. The number of fused-ring (bicyclic) bond motifs is 1. The number of nitrogens with zero attached hydrogens (tertiary/aromatic N) is 3. The fraction of sp³-hybridized carbons (Fsp3) is 0.333. The van der Waals surface area contributed by atoms with Gasteiger partial charge in [-0.05, 0) is 24.6 Å². The van der Waals surface area contributed by atoms with Crippen LogP contribution < -0.4 is 20.7 Å². The second-order valence-electron chi connectivity index (χ2n) is 6.81. The summed E-state index contributed by atoms with van der Waals surface area (Å²) in [7, 11) is 1.56. The highest BCUT2D eigenvalue weighted by Crippen LogP contribution is 2.28. The number of pyridine rings is 1. The second-order valence-corrected chi connectivity index (χ2v) is 7.21. The van der Waals surface area contributed by atoms with Gasteiger partial charge in [-0.3, -0.25) is 9.59 Å². The minimum absolute atomic E-state index is 0.148. The quantitative estimate of drug-likeness (QED) is 0.437. The van der Waals surface area contributed by atoms with Crippen LogP contribution in [0.15, 0.2) is 30.6 Å². The zero-order chi connectivity index (χ0) is 22.4. The number of methoxy groups -OCH3 is 1. The van der Waals surface area contributed by atoms with E-state index in [1.807, 2.05) is 19.1 Å². The fourth-order valence-electron chi connectivity index (χ4n) is 3.14. The van der Waals surface area contributed by atoms with Crippen LogP contribution in [0, 0.1) is 0 Å². The maximum absolute atomic E-state index is 12.8. The first-order valence-corrected chi connectivity index (χ1v) is 10.3. The normalized spacial score (nSPS) is 10.7. The van der Waals surface area contributed by atoms with Crippen LogP contribution in [0.25, 0.3) is 11.0 Å². The van der Waals surface area contributed by atoms with E-state index in [4.69, 9.17) is 16.3 Å². The molecule has 0 aliphatic carbocycles. The van der Waals surface area contributed by atoms with Crippen molar-refractivity contribution in [2.24, 2.45) is 0 Å². The number of hydrogen-bond donors (Lipinski definition) is 3. The third kappa shape index (κ3) is 5.24. The molecule has 164 valence electrons. The van der Waals surface area contributed by atoms with Gasteiger partial charge in [-0.1, -0.05) is 17.7 Å². The summed E-state index contributed by atoms with van der Waals surface area (Å²) < 4.78 is 6.96. The first kappa shape index (κ1) is 22.4. The van der Waals surface area contributed by atoms with Crippen molar-refractivity contribution >= 4 is 40.1 Å². The van der Waals surface area contributed by atoms with Crippen molar-refractivity contribution in [2.75, 3.05) is 25.5 Å². The molecule has 3 N–H and O–H groups in total. The summed E-state index contributed by atoms with van der Waals surface area (Å²) in [6.45, 7) is 5.15. The zero-order valence-corrected chi connectivity index (χ0v) is 18.4. The van der Waals surface area contributed by atoms with Crippen molar-refractivity contribution in [3.05, 3.63) is 46.7 Å². The van der Waals surface area contributed by atoms with Crippen LogP contribution >= 0.6 is 11.6 Å². The standard InChI is InChI=1S/C21H25ClN6O3/c1-4-28-20-15(12-27-28)19(25-10-14-5-6-18(31-3)17(22)9-14)16(11-26-20)21(30)24-8-7-23-13(2)29/h5-6,9,11-12H,4,7-8,10H2,1-3H3,(H,23,29)(H,24,30)(H,25,26). The Labute approximate surface area is 185 Å². The molecule has 3 rings (SSSR count). The van der Waals surface area contributed by atoms with Gasteiger partial charge in [-0.25, -0.2) is 9.67 Å². The van der Waals surface area contributed by atoms with E-state index in [0.29, 0.717) is 53.8 Å². The Bertz CT molecular complexity index is 1100. The van der Waals surface area contributed by atoms with Crippen molar-refractivity contribution in [1.82, 2.24) is 25.4 Å². The number of halogens is 1. The number of benzene rings is 1. The average Bonchev–Trinajstić information content (AvgIpc) is 3.18. The lowest BCUT2D eigenvalue weighted by atomic mass is 10.1. The first-order valence-electron chi connectivity index (χ1n) is 9.88. The summed E-state index contributed by atoms with van der Waals surface area (Å²) in [6, 6.07) is 5.51. The minimum atomic E-state index is -0.292. The fourth-order valence-corrected chi connectivity index (χ4v) is 3.42. The molecule has 31 heavy (non-hydrogen) atoms. The highest BCUT2D eigenvalue weighted by Gasteiger charge is 2.18. The molecule has 0 aliphatic heterocycles. The van der Waals surface area contributed by atoms with Crippen molar-refractivity contribution < 1.29 is 14.3 Å². The SMILES string of the molecule is CCn1ncc2c(NCc3ccc(OC)c(Cl)c3)c(C(=O)NCCNC(C)=O)cnc21. The van der Waals surface area contributed by atoms with Crippen LogP contribution in [0.4, 0.5) is 5.69 Å². The molecule has 2 amide bonds. The lowest BCUT2D eigenvalue weighted by Crippen LogP contribution is -2.34. The lowest BCUT2D eigenvalue weighted by Gasteiger charge is -2.14. The van der Waals surface area contributed by atoms with E-state index in [0.717, 1.165) is 10.9 Å². The van der Waals surface area contributed by atoms with Gasteiger partial charge >= 0.3 is 0 Å². The molecule has 0 aliphatic rings. The number of rotatable bonds is 9. The topological polar surface area (TPSA) is 110 Å². The van der Waals surface area contributed by atoms with Crippen LogP contribution in [0.3, 0.4) is 0 Å². The van der Waals surface area contributed by atoms with Crippen molar-refractivity contribution in [3.8, 4) is 5.75 Å². The van der Waals surface area contributed by atoms with Crippen LogP contribution in [-0.4, -0.2) is 46.8 Å². The summed E-state index contributed by atoms with van der Waals surface area (Å²) in [5, 5.41) is 14.4. The van der Waals surface area contributed by atoms with Gasteiger partial charge in [-0.2, -0.15) is 5.10 Å². The van der Waals surface area contributed by atoms with E-state index < -0.39 is 0 Å². The Morgan fingerprint density at radius 1 is 1.19 bits per heavy atom. The molecular formula is C21H25ClN6O3. The van der Waals surface area contributed by atoms with E-state index in [1.54, 1.807) is 24.1 Å². The predicted molar refractivity (Wildman–Crippen MR) is 120 cm³/mol. The molecule has 0 saturated carbocycles. The molecule has 10 heteroatoms. The molecule has 0 radical (unpaired) electrons. The molecule has 2 heterocycles. The number of nitrogens with one attached hydrogen (secondary N) is 3. The molecule has 1 aromatic carbocycles. The van der Waals surface area contributed by atoms with Crippen LogP contribution in [0.1, 0.15) is 29.8 Å². The number of ether oxygens (including phenoxy) is 1. The van der Waals surface area contributed by atoms with Gasteiger partial charge in [0.25, 0.3) is 5.91 Å². The van der Waals surface area contributed by atoms with Gasteiger partial charge in [0.15, 0.2) is 5.65 Å². The van der Waals surface area contributed by atoms with E-state index >= 15 is 0 Å². The number of carbonyl (C=O) groups is 2. The zero-order valence-electron chi connectivity index (χ0n) is 17.7. The molecule has 0 spiro atoms. The predicted octanol–water partition coefficient (Wildman–Crippen LogP) is 2.59. The molecule has 0 unspecified atom stereocenters. The second kappa shape index (κ2) is 10.1. The van der Waals surface area contributed by atoms with Gasteiger partial charge < -0.3 is 20.7 Å². The molecule has 0 bridgehead atoms. The van der Waals surface area contributed by atoms with Gasteiger partial charge in [0.1, 0.15) is 5.75 Å². The lowest BCUT2D eigenvalue weighted by molar-refractivity contribution is -0.118. The number of anilines is 1. The van der Waals surface area contributed by atoms with Crippen LogP contribution in [0.5, 0.6) is 5.75 Å². The van der Waals surface area contributed by atoms with Crippen molar-refractivity contribution in [1.29, 1.82) is 0 Å². The number of aryl methyl sites for hydroxylation is 1. The summed E-state index contributed by atoms with van der Waals surface area (Å²) in [4.78, 5) is 28.2. The van der Waals surface area contributed by atoms with E-state index in [-0.39, 0.29) is 11.8 Å². The van der Waals surface area contributed by atoms with Crippen LogP contribution in [0.2, 0.25) is 5.02 Å². The van der Waals surface area contributed by atoms with Gasteiger partial charge in [-0.15, -0.1) is 0 Å². The third-order valence-electron chi connectivity index (χ3n) is 4.68. The molecular weight excluding hydrogens is 420 g/mol. The Hall–Kier alpha value is -3.33. The summed E-state index contributed by atoms with van der Waals surface area (Å²) in [5.74, 6) is 0.157. The molecule has 0 saturated heterocycles. The van der Waals surface area contributed by atoms with Crippen molar-refractivity contribution in [3.63, 3.8) is 0 Å². The van der Waals surface area contributed by atoms with Crippen molar-refractivity contribution in [2.45, 2.75) is 26.9 Å². The Morgan fingerprint density at radius 3 is 2.65 bits per heavy atom. The number of amides is 2. The highest BCUT2D eigenvalue weighted by molar-refractivity contribution is 6.32. The molecule has 0 fully saturated rings. The molecule has 0 atom stereocenters. The summed E-state index contributed by atoms with van der Waals surface area (Å²) >= 11 is 6.23. The van der Waals surface area contributed by atoms with E-state index in [1.165, 1.54) is 13.1 Å². The molecule has 3 aromatic rings. The smallest absolute Gasteiger partial charge is 0.255 e. The Balaban J connectivity index is 1.86. The Morgan fingerprint density at radius 2 is 1.97 bits per heavy atom. The molecule has 2 aromatic heterocycles. The van der Waals surface area contributed by atoms with Gasteiger partial charge in [0.05, 0.1) is 35.0 Å². The third-order valence-corrected chi connectivity index (χ3v) is 4.98. The number of hydrogen-bond acceptors (Lipinski definition) is 6. The molecule has 9 nitrogen and oxygen atoms in total. The van der Waals surface area contributed by atoms with E-state index in [2.05, 4.69) is 26.0 Å². The highest BCUT2D eigenvalue weighted by atomic mass is 35.5. The Kier molecular flexibility index (Phi) is 7.30. The largest absolute Gasteiger partial charge is 0.495 e. The van der Waals surface area contributed by atoms with Gasteiger partial charge in [0.2, 0.25) is 5.91 Å². The van der Waals surface area contributed by atoms with E-state index in [9.17, 15) is 9.59 Å². The van der Waals surface area contributed by atoms with Gasteiger partial charge in [0, 0.05) is 39.3 Å². The number of carbonyl (C=O) groups excluding carboxylic acids is 2. The van der Waals surface area contributed by atoms with Crippen LogP contribution in [-0.2, 0) is 17.9 Å².